The number of amides is 1. The maximum Gasteiger partial charge on any atom is 0.412 e. The van der Waals surface area contributed by atoms with Gasteiger partial charge in [-0.1, -0.05) is 48.5 Å². The lowest BCUT2D eigenvalue weighted by atomic mass is 9.69. The van der Waals surface area contributed by atoms with E-state index < -0.39 is 6.09 Å². The van der Waals surface area contributed by atoms with Crippen molar-refractivity contribution in [2.24, 2.45) is 0 Å². The van der Waals surface area contributed by atoms with Gasteiger partial charge in [-0.25, -0.2) is 4.79 Å². The summed E-state index contributed by atoms with van der Waals surface area (Å²) < 4.78 is 18.0. The van der Waals surface area contributed by atoms with E-state index in [-0.39, 0.29) is 17.6 Å². The molecule has 2 heterocycles. The van der Waals surface area contributed by atoms with Crippen LogP contribution in [0, 0.1) is 0 Å². The van der Waals surface area contributed by atoms with E-state index in [2.05, 4.69) is 29.4 Å². The van der Waals surface area contributed by atoms with Gasteiger partial charge in [0, 0.05) is 23.9 Å². The minimum atomic E-state index is -0.462. The van der Waals surface area contributed by atoms with Gasteiger partial charge in [0.25, 0.3) is 0 Å². The number of nitrogens with zero attached hydrogens (tertiary/aromatic N) is 1. The first-order valence-corrected chi connectivity index (χ1v) is 11.8. The van der Waals surface area contributed by atoms with Crippen molar-refractivity contribution in [1.29, 1.82) is 0 Å². The average molecular weight is 457 g/mol. The summed E-state index contributed by atoms with van der Waals surface area (Å²) in [6, 6.07) is 18.0. The predicted octanol–water partition coefficient (Wildman–Crippen LogP) is 5.26. The average Bonchev–Trinajstić information content (AvgIpc) is 3.10. The molecule has 0 fully saturated rings. The summed E-state index contributed by atoms with van der Waals surface area (Å²) in [5.74, 6) is 1.60. The van der Waals surface area contributed by atoms with Crippen molar-refractivity contribution in [3.63, 3.8) is 0 Å². The van der Waals surface area contributed by atoms with Crippen molar-refractivity contribution in [2.45, 2.75) is 37.0 Å². The number of methoxy groups -OCH3 is 1. The molecule has 0 saturated heterocycles. The number of ether oxygens (including phenoxy) is 3. The van der Waals surface area contributed by atoms with Crippen LogP contribution in [0.5, 0.6) is 11.5 Å². The summed E-state index contributed by atoms with van der Waals surface area (Å²) in [4.78, 5) is 15.2. The number of hydrogen-bond acceptors (Lipinski definition) is 5. The zero-order chi connectivity index (χ0) is 23.3. The molecular weight excluding hydrogens is 428 g/mol. The number of carbonyl (C=O) groups is 1. The minimum absolute atomic E-state index is 0.107. The Hall–Kier alpha value is -3.51. The number of hydrogen-bond donors (Lipinski definition) is 1. The van der Waals surface area contributed by atoms with Gasteiger partial charge >= 0.3 is 6.09 Å². The molecule has 3 aromatic carbocycles. The second-order valence-corrected chi connectivity index (χ2v) is 9.46. The third-order valence-electron chi connectivity index (χ3n) is 7.41. The molecule has 1 spiro atoms. The Labute approximate surface area is 199 Å². The SMILES string of the molecule is COc1ccc2c3c1O[C@H]1C[C@@H](OC(=O)Nc4cccc5ccccc45)C=CC31CCN(C)C2. The van der Waals surface area contributed by atoms with Crippen LogP contribution >= 0.6 is 0 Å². The second-order valence-electron chi connectivity index (χ2n) is 9.46. The fraction of sp³-hybridized carbons (Fsp3) is 0.321. The van der Waals surface area contributed by atoms with Gasteiger partial charge < -0.3 is 19.1 Å². The van der Waals surface area contributed by atoms with E-state index in [1.54, 1.807) is 7.11 Å². The number of benzene rings is 3. The summed E-state index contributed by atoms with van der Waals surface area (Å²) in [7, 11) is 3.83. The lowest BCUT2D eigenvalue weighted by Crippen LogP contribution is -2.44. The second kappa shape index (κ2) is 8.06. The zero-order valence-electron chi connectivity index (χ0n) is 19.4. The molecule has 34 heavy (non-hydrogen) atoms. The summed E-state index contributed by atoms with van der Waals surface area (Å²) in [6.07, 6.45) is 4.86. The molecule has 0 bridgehead atoms. The number of anilines is 1. The van der Waals surface area contributed by atoms with Crippen LogP contribution in [0.4, 0.5) is 10.5 Å². The van der Waals surface area contributed by atoms with E-state index in [0.29, 0.717) is 6.42 Å². The maximum atomic E-state index is 12.8. The highest BCUT2D eigenvalue weighted by molar-refractivity contribution is 6.00. The molecule has 0 saturated carbocycles. The maximum absolute atomic E-state index is 12.8. The monoisotopic (exact) mass is 456 g/mol. The molecule has 3 atom stereocenters. The highest BCUT2D eigenvalue weighted by atomic mass is 16.6. The van der Waals surface area contributed by atoms with Gasteiger partial charge in [0.15, 0.2) is 11.5 Å². The van der Waals surface area contributed by atoms with E-state index in [1.807, 2.05) is 54.6 Å². The van der Waals surface area contributed by atoms with E-state index in [9.17, 15) is 4.79 Å². The molecule has 3 aliphatic rings. The minimum Gasteiger partial charge on any atom is -0.493 e. The first-order valence-electron chi connectivity index (χ1n) is 11.8. The molecular formula is C28H28N2O4. The zero-order valence-corrected chi connectivity index (χ0v) is 19.4. The fourth-order valence-corrected chi connectivity index (χ4v) is 5.76. The molecule has 3 aromatic rings. The Balaban J connectivity index is 1.25. The number of carbonyl (C=O) groups excluding carboxylic acids is 1. The Kier molecular flexibility index (Phi) is 4.99. The molecule has 1 aliphatic carbocycles. The van der Waals surface area contributed by atoms with E-state index in [0.717, 1.165) is 47.5 Å². The van der Waals surface area contributed by atoms with Crippen LogP contribution in [0.3, 0.4) is 0 Å². The van der Waals surface area contributed by atoms with Crippen LogP contribution in [-0.2, 0) is 16.7 Å². The molecule has 1 N–H and O–H groups in total. The summed E-state index contributed by atoms with van der Waals surface area (Å²) >= 11 is 0. The normalized spacial score (nSPS) is 25.1. The Morgan fingerprint density at radius 3 is 2.88 bits per heavy atom. The van der Waals surface area contributed by atoms with Gasteiger partial charge in [-0.15, -0.1) is 0 Å². The van der Waals surface area contributed by atoms with Gasteiger partial charge in [0.1, 0.15) is 12.2 Å². The van der Waals surface area contributed by atoms with Gasteiger partial charge in [-0.05, 0) is 49.2 Å². The van der Waals surface area contributed by atoms with Crippen molar-refractivity contribution in [2.75, 3.05) is 26.0 Å². The predicted molar refractivity (Wildman–Crippen MR) is 132 cm³/mol. The molecule has 6 rings (SSSR count). The first-order chi connectivity index (χ1) is 16.6. The number of fused-ring (bicyclic) bond motifs is 1. The molecule has 1 unspecified atom stereocenters. The van der Waals surface area contributed by atoms with E-state index in [1.165, 1.54) is 11.1 Å². The summed E-state index contributed by atoms with van der Waals surface area (Å²) in [5, 5.41) is 4.98. The van der Waals surface area contributed by atoms with Crippen molar-refractivity contribution in [1.82, 2.24) is 4.90 Å². The lowest BCUT2D eigenvalue weighted by Gasteiger charge is -2.36. The molecule has 1 amide bonds. The number of rotatable bonds is 3. The standard InChI is InChI=1S/C28H28N2O4/c1-30-15-14-28-13-12-20(16-24(28)34-26-23(32-2)11-10-19(17-30)25(26)28)33-27(31)29-22-9-5-7-18-6-3-4-8-21(18)22/h3-13,20,24H,14-17H2,1-2H3,(H,29,31)/t20-,24-,28?/m0/s1. The Morgan fingerprint density at radius 1 is 1.15 bits per heavy atom. The van der Waals surface area contributed by atoms with Crippen molar-refractivity contribution in [3.8, 4) is 11.5 Å². The van der Waals surface area contributed by atoms with E-state index in [4.69, 9.17) is 14.2 Å². The quantitative estimate of drug-likeness (QED) is 0.545. The smallest absolute Gasteiger partial charge is 0.412 e. The van der Waals surface area contributed by atoms with E-state index >= 15 is 0 Å². The van der Waals surface area contributed by atoms with Crippen LogP contribution in [0.2, 0.25) is 0 Å². The van der Waals surface area contributed by atoms with Gasteiger partial charge in [-0.2, -0.15) is 0 Å². The van der Waals surface area contributed by atoms with Crippen molar-refractivity contribution >= 4 is 22.6 Å². The van der Waals surface area contributed by atoms with Gasteiger partial charge in [0.2, 0.25) is 0 Å². The molecule has 6 nitrogen and oxygen atoms in total. The van der Waals surface area contributed by atoms with Gasteiger partial charge in [-0.3, -0.25) is 5.32 Å². The summed E-state index contributed by atoms with van der Waals surface area (Å²) in [6.45, 7) is 1.85. The molecule has 174 valence electrons. The van der Waals surface area contributed by atoms with Crippen LogP contribution in [0.15, 0.2) is 66.7 Å². The molecule has 2 aliphatic heterocycles. The highest BCUT2D eigenvalue weighted by Gasteiger charge is 2.53. The Bertz CT molecular complexity index is 1300. The Morgan fingerprint density at radius 2 is 2.00 bits per heavy atom. The third-order valence-corrected chi connectivity index (χ3v) is 7.41. The lowest BCUT2D eigenvalue weighted by molar-refractivity contribution is 0.0667. The molecule has 6 heteroatoms. The van der Waals surface area contributed by atoms with Crippen molar-refractivity contribution in [3.05, 3.63) is 77.9 Å². The fourth-order valence-electron chi connectivity index (χ4n) is 5.76. The number of nitrogens with one attached hydrogen (secondary N) is 1. The van der Waals surface area contributed by atoms with Crippen molar-refractivity contribution < 1.29 is 19.0 Å². The largest absolute Gasteiger partial charge is 0.493 e. The van der Waals surface area contributed by atoms with Crippen LogP contribution in [-0.4, -0.2) is 43.9 Å². The van der Waals surface area contributed by atoms with Crippen LogP contribution in [0.25, 0.3) is 10.8 Å². The first kappa shape index (κ1) is 21.1. The molecule has 0 aromatic heterocycles. The summed E-state index contributed by atoms with van der Waals surface area (Å²) in [5.41, 5.74) is 3.02. The topological polar surface area (TPSA) is 60.0 Å². The van der Waals surface area contributed by atoms with Crippen LogP contribution in [0.1, 0.15) is 24.0 Å². The van der Waals surface area contributed by atoms with Crippen LogP contribution < -0.4 is 14.8 Å². The highest BCUT2D eigenvalue weighted by Crippen LogP contribution is 2.55. The molecule has 0 radical (unpaired) electrons. The third kappa shape index (κ3) is 3.32. The van der Waals surface area contributed by atoms with Gasteiger partial charge in [0.05, 0.1) is 18.2 Å².